The molecule has 150 valence electrons. The van der Waals surface area contributed by atoms with E-state index >= 15 is 0 Å². The number of benzene rings is 1. The summed E-state index contributed by atoms with van der Waals surface area (Å²) in [6.07, 6.45) is 4.07. The zero-order valence-electron chi connectivity index (χ0n) is 15.9. The number of pyridine rings is 1. The number of aromatic nitrogens is 3. The Morgan fingerprint density at radius 1 is 1.14 bits per heavy atom. The predicted octanol–water partition coefficient (Wildman–Crippen LogP) is 3.17. The van der Waals surface area contributed by atoms with Crippen LogP contribution in [0, 0.1) is 5.92 Å². The van der Waals surface area contributed by atoms with Gasteiger partial charge in [0.25, 0.3) is 0 Å². The molecule has 7 nitrogen and oxygen atoms in total. The third-order valence-electron chi connectivity index (χ3n) is 5.58. The van der Waals surface area contributed by atoms with Crippen molar-refractivity contribution in [3.8, 4) is 5.75 Å². The lowest BCUT2D eigenvalue weighted by molar-refractivity contribution is 0.317. The maximum atomic E-state index is 12.5. The Morgan fingerprint density at radius 2 is 1.93 bits per heavy atom. The van der Waals surface area contributed by atoms with Gasteiger partial charge in [0.15, 0.2) is 15.5 Å². The Bertz CT molecular complexity index is 1140. The van der Waals surface area contributed by atoms with Gasteiger partial charge in [0, 0.05) is 5.39 Å². The zero-order valence-corrected chi connectivity index (χ0v) is 16.7. The third kappa shape index (κ3) is 4.06. The van der Waals surface area contributed by atoms with E-state index in [0.29, 0.717) is 35.9 Å². The van der Waals surface area contributed by atoms with E-state index in [1.165, 1.54) is 0 Å². The van der Waals surface area contributed by atoms with E-state index in [1.807, 2.05) is 24.3 Å². The van der Waals surface area contributed by atoms with Gasteiger partial charge in [-0.25, -0.2) is 18.2 Å². The van der Waals surface area contributed by atoms with Gasteiger partial charge in [-0.2, -0.15) is 0 Å². The number of ether oxygens (including phenoxy) is 1. The fourth-order valence-corrected chi connectivity index (χ4v) is 5.75. The van der Waals surface area contributed by atoms with E-state index in [1.54, 1.807) is 0 Å². The van der Waals surface area contributed by atoms with Crippen LogP contribution in [0.15, 0.2) is 29.1 Å². The molecule has 2 N–H and O–H groups in total. The highest BCUT2D eigenvalue weighted by molar-refractivity contribution is 7.92. The van der Waals surface area contributed by atoms with Gasteiger partial charge in [-0.15, -0.1) is 0 Å². The van der Waals surface area contributed by atoms with Gasteiger partial charge in [-0.05, 0) is 62.3 Å². The number of hydrogen-bond acceptors (Lipinski definition) is 5. The number of aromatic amines is 2. The van der Waals surface area contributed by atoms with E-state index in [-0.39, 0.29) is 16.7 Å². The summed E-state index contributed by atoms with van der Waals surface area (Å²) in [5, 5.41) is 0.672. The largest absolute Gasteiger partial charge is 0.494 e. The van der Waals surface area contributed by atoms with Crippen molar-refractivity contribution in [2.45, 2.75) is 44.3 Å². The summed E-state index contributed by atoms with van der Waals surface area (Å²) in [5.41, 5.74) is 1.63. The molecule has 8 heteroatoms. The molecule has 0 bridgehead atoms. The topological polar surface area (TPSA) is 105 Å². The van der Waals surface area contributed by atoms with Crippen molar-refractivity contribution in [2.75, 3.05) is 12.4 Å². The quantitative estimate of drug-likeness (QED) is 0.615. The van der Waals surface area contributed by atoms with Crippen LogP contribution in [0.5, 0.6) is 5.75 Å². The molecule has 0 spiro atoms. The fraction of sp³-hybridized carbons (Fsp3) is 0.500. The minimum Gasteiger partial charge on any atom is -0.494 e. The Kier molecular flexibility index (Phi) is 5.14. The molecule has 1 aromatic carbocycles. The first-order valence-electron chi connectivity index (χ1n) is 9.78. The SMILES string of the molecule is CC1CCC(S(=O)(=O)CCCOc2ccc3nc4[nH]c(=O)[nH]c4cc3c2)CC1. The van der Waals surface area contributed by atoms with Crippen LogP contribution in [0.2, 0.25) is 0 Å². The number of hydrogen-bond donors (Lipinski definition) is 2. The van der Waals surface area contributed by atoms with E-state index in [0.717, 1.165) is 36.6 Å². The highest BCUT2D eigenvalue weighted by atomic mass is 32.2. The minimum absolute atomic E-state index is 0.173. The number of H-pyrrole nitrogens is 2. The van der Waals surface area contributed by atoms with Crippen molar-refractivity contribution < 1.29 is 13.2 Å². The maximum Gasteiger partial charge on any atom is 0.325 e. The number of fused-ring (bicyclic) bond motifs is 2. The Hall–Kier alpha value is -2.35. The van der Waals surface area contributed by atoms with Crippen LogP contribution in [-0.4, -0.2) is 41.0 Å². The van der Waals surface area contributed by atoms with Crippen molar-refractivity contribution in [1.82, 2.24) is 15.0 Å². The molecule has 3 aromatic rings. The van der Waals surface area contributed by atoms with E-state index < -0.39 is 9.84 Å². The average molecular weight is 404 g/mol. The summed E-state index contributed by atoms with van der Waals surface area (Å²) in [4.78, 5) is 21.1. The van der Waals surface area contributed by atoms with Crippen LogP contribution < -0.4 is 10.4 Å². The van der Waals surface area contributed by atoms with E-state index in [9.17, 15) is 13.2 Å². The number of imidazole rings is 1. The predicted molar refractivity (Wildman–Crippen MR) is 110 cm³/mol. The summed E-state index contributed by atoms with van der Waals surface area (Å²) in [7, 11) is -3.05. The molecule has 0 saturated heterocycles. The molecule has 28 heavy (non-hydrogen) atoms. The summed E-state index contributed by atoms with van der Waals surface area (Å²) >= 11 is 0. The second kappa shape index (κ2) is 7.58. The Morgan fingerprint density at radius 3 is 2.71 bits per heavy atom. The molecule has 4 rings (SSSR count). The van der Waals surface area contributed by atoms with E-state index in [2.05, 4.69) is 21.9 Å². The second-order valence-electron chi connectivity index (χ2n) is 7.77. The lowest BCUT2D eigenvalue weighted by Crippen LogP contribution is -2.29. The smallest absolute Gasteiger partial charge is 0.325 e. The molecular formula is C20H25N3O4S. The summed E-state index contributed by atoms with van der Waals surface area (Å²) < 4.78 is 30.8. The van der Waals surface area contributed by atoms with Gasteiger partial charge < -0.3 is 9.72 Å². The molecule has 0 radical (unpaired) electrons. The first kappa shape index (κ1) is 19.0. The van der Waals surface area contributed by atoms with Gasteiger partial charge in [-0.3, -0.25) is 4.98 Å². The number of sulfone groups is 1. The molecule has 1 aliphatic carbocycles. The van der Waals surface area contributed by atoms with Gasteiger partial charge in [0.2, 0.25) is 0 Å². The molecule has 2 heterocycles. The average Bonchev–Trinajstić information content (AvgIpc) is 3.02. The molecule has 0 atom stereocenters. The zero-order chi connectivity index (χ0) is 19.7. The Labute approximate surface area is 163 Å². The van der Waals surface area contributed by atoms with Crippen molar-refractivity contribution in [2.24, 2.45) is 5.92 Å². The summed E-state index contributed by atoms with van der Waals surface area (Å²) in [6.45, 7) is 2.54. The van der Waals surface area contributed by atoms with Crippen molar-refractivity contribution in [3.05, 3.63) is 34.7 Å². The lowest BCUT2D eigenvalue weighted by Gasteiger charge is -2.25. The molecule has 0 unspecified atom stereocenters. The van der Waals surface area contributed by atoms with Crippen LogP contribution in [0.1, 0.15) is 39.0 Å². The van der Waals surface area contributed by atoms with E-state index in [4.69, 9.17) is 4.74 Å². The number of nitrogens with one attached hydrogen (secondary N) is 2. The van der Waals surface area contributed by atoms with Gasteiger partial charge in [-0.1, -0.05) is 6.92 Å². The first-order chi connectivity index (χ1) is 13.4. The molecule has 0 amide bonds. The van der Waals surface area contributed by atoms with Gasteiger partial charge in [0.05, 0.1) is 28.6 Å². The van der Waals surface area contributed by atoms with Crippen molar-refractivity contribution in [3.63, 3.8) is 0 Å². The molecular weight excluding hydrogens is 378 g/mol. The summed E-state index contributed by atoms with van der Waals surface area (Å²) in [5.74, 6) is 1.48. The van der Waals surface area contributed by atoms with Crippen LogP contribution >= 0.6 is 0 Å². The first-order valence-corrected chi connectivity index (χ1v) is 11.5. The molecule has 0 aliphatic heterocycles. The lowest BCUT2D eigenvalue weighted by atomic mass is 9.91. The van der Waals surface area contributed by atoms with Crippen molar-refractivity contribution >= 4 is 31.9 Å². The molecule has 1 aliphatic rings. The fourth-order valence-electron chi connectivity index (χ4n) is 3.90. The Balaban J connectivity index is 1.36. The highest BCUT2D eigenvalue weighted by Gasteiger charge is 2.28. The number of rotatable bonds is 6. The normalized spacial score (nSPS) is 20.6. The summed E-state index contributed by atoms with van der Waals surface area (Å²) in [6, 6.07) is 7.33. The van der Waals surface area contributed by atoms with Crippen LogP contribution in [0.4, 0.5) is 0 Å². The monoisotopic (exact) mass is 403 g/mol. The maximum absolute atomic E-state index is 12.5. The van der Waals surface area contributed by atoms with Crippen LogP contribution in [-0.2, 0) is 9.84 Å². The van der Waals surface area contributed by atoms with Gasteiger partial charge in [0.1, 0.15) is 5.75 Å². The van der Waals surface area contributed by atoms with Crippen LogP contribution in [0.3, 0.4) is 0 Å². The highest BCUT2D eigenvalue weighted by Crippen LogP contribution is 2.28. The van der Waals surface area contributed by atoms with Crippen molar-refractivity contribution in [1.29, 1.82) is 0 Å². The van der Waals surface area contributed by atoms with Crippen LogP contribution in [0.25, 0.3) is 22.1 Å². The standard InChI is InChI=1S/C20H25N3O4S/c1-13-3-6-16(7-4-13)28(25,26)10-2-9-27-15-5-8-17-14(11-15)12-18-19(21-17)23-20(24)22-18/h5,8,11-13,16H,2-4,6-7,9-10H2,1H3,(H2,21,22,23,24). The second-order valence-corrected chi connectivity index (χ2v) is 10.2. The van der Waals surface area contributed by atoms with Gasteiger partial charge >= 0.3 is 5.69 Å². The molecule has 2 aromatic heterocycles. The minimum atomic E-state index is -3.05. The molecule has 1 saturated carbocycles. The number of nitrogens with zero attached hydrogens (tertiary/aromatic N) is 1. The molecule has 1 fully saturated rings. The third-order valence-corrected chi connectivity index (χ3v) is 7.92.